The summed E-state index contributed by atoms with van der Waals surface area (Å²) in [7, 11) is 2.78. The molecule has 0 aromatic carbocycles. The zero-order chi connectivity index (χ0) is 12.1. The van der Waals surface area contributed by atoms with E-state index in [1.807, 2.05) is 6.92 Å². The molecule has 8 heteroatoms. The minimum Gasteiger partial charge on any atom is -0.354 e. The second kappa shape index (κ2) is 5.42. The molecule has 1 rings (SSSR count). The van der Waals surface area contributed by atoms with Gasteiger partial charge in [-0.25, -0.2) is 10.1 Å². The van der Waals surface area contributed by atoms with Gasteiger partial charge in [0.1, 0.15) is 0 Å². The molecule has 0 radical (unpaired) electrons. The van der Waals surface area contributed by atoms with Gasteiger partial charge in [0.15, 0.2) is 0 Å². The van der Waals surface area contributed by atoms with Crippen LogP contribution in [-0.2, 0) is 0 Å². The normalized spacial score (nSPS) is 10.1. The number of rotatable bonds is 5. The van der Waals surface area contributed by atoms with Crippen molar-refractivity contribution in [2.75, 3.05) is 36.1 Å². The molecule has 0 saturated heterocycles. The molecule has 1 aromatic rings. The molecule has 1 aromatic heterocycles. The predicted molar refractivity (Wildman–Crippen MR) is 59.0 cm³/mol. The Labute approximate surface area is 93.5 Å². The number of hydrogen-bond donors (Lipinski definition) is 3. The van der Waals surface area contributed by atoms with Crippen molar-refractivity contribution in [3.8, 4) is 0 Å². The van der Waals surface area contributed by atoms with Gasteiger partial charge < -0.3 is 5.32 Å². The van der Waals surface area contributed by atoms with Crippen LogP contribution in [0.4, 0.5) is 17.8 Å². The standard InChI is InChI=1S/C8H16N6O2/c1-4-5-9-6-10-7(13(2)15)12-8(11-6)14(3)16/h15-16H,4-5H2,1-3H3,(H,9,10,11,12). The Morgan fingerprint density at radius 2 is 1.56 bits per heavy atom. The third-order valence-electron chi connectivity index (χ3n) is 1.72. The Bertz CT molecular complexity index is 317. The van der Waals surface area contributed by atoms with Crippen molar-refractivity contribution in [3.63, 3.8) is 0 Å². The van der Waals surface area contributed by atoms with E-state index in [0.29, 0.717) is 12.5 Å². The molecule has 1 heterocycles. The maximum Gasteiger partial charge on any atom is 0.256 e. The number of hydrogen-bond acceptors (Lipinski definition) is 8. The molecule has 0 aliphatic heterocycles. The van der Waals surface area contributed by atoms with Crippen molar-refractivity contribution in [1.82, 2.24) is 15.0 Å². The molecule has 3 N–H and O–H groups in total. The first kappa shape index (κ1) is 12.4. The molecule has 0 aliphatic carbocycles. The van der Waals surface area contributed by atoms with Crippen LogP contribution in [-0.4, -0.2) is 46.0 Å². The van der Waals surface area contributed by atoms with Crippen molar-refractivity contribution in [1.29, 1.82) is 0 Å². The average molecular weight is 228 g/mol. The van der Waals surface area contributed by atoms with E-state index in [1.165, 1.54) is 14.1 Å². The van der Waals surface area contributed by atoms with Gasteiger partial charge in [0, 0.05) is 20.6 Å². The molecule has 0 bridgehead atoms. The largest absolute Gasteiger partial charge is 0.354 e. The maximum absolute atomic E-state index is 9.23. The fourth-order valence-electron chi connectivity index (χ4n) is 0.959. The van der Waals surface area contributed by atoms with Gasteiger partial charge in [-0.05, 0) is 6.42 Å². The summed E-state index contributed by atoms with van der Waals surface area (Å²) >= 11 is 0. The summed E-state index contributed by atoms with van der Waals surface area (Å²) in [5.74, 6) is 0.428. The van der Waals surface area contributed by atoms with E-state index in [1.54, 1.807) is 0 Å². The van der Waals surface area contributed by atoms with Gasteiger partial charge in [-0.2, -0.15) is 15.0 Å². The van der Waals surface area contributed by atoms with E-state index in [4.69, 9.17) is 0 Å². The highest BCUT2D eigenvalue weighted by molar-refractivity contribution is 5.41. The number of anilines is 3. The Balaban J connectivity index is 2.99. The van der Waals surface area contributed by atoms with Crippen molar-refractivity contribution in [2.45, 2.75) is 13.3 Å². The van der Waals surface area contributed by atoms with Gasteiger partial charge >= 0.3 is 0 Å². The fourth-order valence-corrected chi connectivity index (χ4v) is 0.959. The number of hydroxylamine groups is 2. The monoisotopic (exact) mass is 228 g/mol. The molecular formula is C8H16N6O2. The molecular weight excluding hydrogens is 212 g/mol. The zero-order valence-corrected chi connectivity index (χ0v) is 9.54. The van der Waals surface area contributed by atoms with Crippen LogP contribution in [0.2, 0.25) is 0 Å². The van der Waals surface area contributed by atoms with Gasteiger partial charge in [0.25, 0.3) is 11.9 Å². The second-order valence-corrected chi connectivity index (χ2v) is 3.23. The summed E-state index contributed by atoms with van der Waals surface area (Å²) in [5.41, 5.74) is 0. The first-order chi connectivity index (χ1) is 7.54. The van der Waals surface area contributed by atoms with Crippen molar-refractivity contribution in [3.05, 3.63) is 0 Å². The van der Waals surface area contributed by atoms with Crippen LogP contribution in [0.25, 0.3) is 0 Å². The van der Waals surface area contributed by atoms with Gasteiger partial charge in [-0.15, -0.1) is 0 Å². The Hall–Kier alpha value is -1.67. The summed E-state index contributed by atoms with van der Waals surface area (Å²) < 4.78 is 0. The van der Waals surface area contributed by atoms with Crippen LogP contribution in [0, 0.1) is 0 Å². The quantitative estimate of drug-likeness (QED) is 0.621. The summed E-state index contributed by atoms with van der Waals surface area (Å²) in [4.78, 5) is 11.7. The van der Waals surface area contributed by atoms with Crippen molar-refractivity contribution < 1.29 is 10.4 Å². The molecule has 8 nitrogen and oxygen atoms in total. The zero-order valence-electron chi connectivity index (χ0n) is 9.54. The Morgan fingerprint density at radius 3 is 1.94 bits per heavy atom. The third kappa shape index (κ3) is 3.17. The summed E-state index contributed by atoms with van der Waals surface area (Å²) in [6, 6.07) is 0. The van der Waals surface area contributed by atoms with Crippen LogP contribution >= 0.6 is 0 Å². The summed E-state index contributed by atoms with van der Waals surface area (Å²) in [5, 5.41) is 22.9. The SMILES string of the molecule is CCCNc1nc(N(C)O)nc(N(C)O)n1. The van der Waals surface area contributed by atoms with Crippen LogP contribution in [0.1, 0.15) is 13.3 Å². The van der Waals surface area contributed by atoms with Crippen LogP contribution < -0.4 is 15.4 Å². The van der Waals surface area contributed by atoms with Gasteiger partial charge in [-0.3, -0.25) is 10.4 Å². The molecule has 0 spiro atoms. The van der Waals surface area contributed by atoms with Gasteiger partial charge in [0.05, 0.1) is 0 Å². The number of aromatic nitrogens is 3. The average Bonchev–Trinajstić information content (AvgIpc) is 2.25. The highest BCUT2D eigenvalue weighted by Crippen LogP contribution is 2.12. The minimum absolute atomic E-state index is 0.0597. The molecule has 0 saturated carbocycles. The smallest absolute Gasteiger partial charge is 0.256 e. The lowest BCUT2D eigenvalue weighted by Gasteiger charge is -2.14. The molecule has 0 fully saturated rings. The highest BCUT2D eigenvalue weighted by atomic mass is 16.5. The third-order valence-corrected chi connectivity index (χ3v) is 1.72. The molecule has 0 aliphatic rings. The maximum atomic E-state index is 9.23. The van der Waals surface area contributed by atoms with E-state index < -0.39 is 0 Å². The van der Waals surface area contributed by atoms with E-state index in [0.717, 1.165) is 16.5 Å². The lowest BCUT2D eigenvalue weighted by Crippen LogP contribution is -2.21. The fraction of sp³-hybridized carbons (Fsp3) is 0.625. The van der Waals surface area contributed by atoms with Crippen LogP contribution in [0.15, 0.2) is 0 Å². The Kier molecular flexibility index (Phi) is 4.20. The van der Waals surface area contributed by atoms with E-state index in [2.05, 4.69) is 20.3 Å². The first-order valence-electron chi connectivity index (χ1n) is 4.89. The summed E-state index contributed by atoms with van der Waals surface area (Å²) in [6.07, 6.45) is 0.917. The number of nitrogens with one attached hydrogen (secondary N) is 1. The van der Waals surface area contributed by atoms with Crippen LogP contribution in [0.3, 0.4) is 0 Å². The lowest BCUT2D eigenvalue weighted by molar-refractivity contribution is 0.264. The molecule has 90 valence electrons. The molecule has 0 amide bonds. The second-order valence-electron chi connectivity index (χ2n) is 3.23. The first-order valence-corrected chi connectivity index (χ1v) is 4.89. The highest BCUT2D eigenvalue weighted by Gasteiger charge is 2.10. The lowest BCUT2D eigenvalue weighted by atomic mass is 10.5. The minimum atomic E-state index is 0.0597. The van der Waals surface area contributed by atoms with Gasteiger partial charge in [0.2, 0.25) is 5.95 Å². The Morgan fingerprint density at radius 1 is 1.06 bits per heavy atom. The molecule has 0 unspecified atom stereocenters. The summed E-state index contributed by atoms with van der Waals surface area (Å²) in [6.45, 7) is 2.71. The van der Waals surface area contributed by atoms with E-state index in [-0.39, 0.29) is 11.9 Å². The molecule has 0 atom stereocenters. The predicted octanol–water partition coefficient (Wildman–Crippen LogP) is 0.344. The molecule has 16 heavy (non-hydrogen) atoms. The van der Waals surface area contributed by atoms with Crippen LogP contribution in [0.5, 0.6) is 0 Å². The van der Waals surface area contributed by atoms with Crippen molar-refractivity contribution in [2.24, 2.45) is 0 Å². The topological polar surface area (TPSA) is 97.6 Å². The number of nitrogens with zero attached hydrogens (tertiary/aromatic N) is 5. The van der Waals surface area contributed by atoms with Crippen molar-refractivity contribution >= 4 is 17.8 Å². The van der Waals surface area contributed by atoms with E-state index >= 15 is 0 Å². The van der Waals surface area contributed by atoms with Gasteiger partial charge in [-0.1, -0.05) is 6.92 Å². The van der Waals surface area contributed by atoms with E-state index in [9.17, 15) is 10.4 Å².